The second-order valence-corrected chi connectivity index (χ2v) is 7.65. The zero-order valence-corrected chi connectivity index (χ0v) is 17.5. The summed E-state index contributed by atoms with van der Waals surface area (Å²) in [5, 5.41) is 16.0. The van der Waals surface area contributed by atoms with Gasteiger partial charge in [0, 0.05) is 22.6 Å². The van der Waals surface area contributed by atoms with Gasteiger partial charge in [-0.3, -0.25) is 14.9 Å². The smallest absolute Gasteiger partial charge is 0.341 e. The number of thiophene rings is 1. The third kappa shape index (κ3) is 4.38. The second kappa shape index (κ2) is 8.87. The fourth-order valence-electron chi connectivity index (χ4n) is 3.16. The Hall–Kier alpha value is -3.52. The molecule has 1 heterocycles. The zero-order valence-electron chi connectivity index (χ0n) is 16.7. The average Bonchev–Trinajstić information content (AvgIpc) is 3.12. The van der Waals surface area contributed by atoms with E-state index in [1.807, 2.05) is 32.0 Å². The molecule has 0 saturated carbocycles. The molecule has 0 spiro atoms. The standard InChI is InChI=1S/C22H20N2O5S/c1-13-8-9-14(2)16(10-13)17-12-30-21(20(17)22(26)29-3)23-19(25)11-15-6-4-5-7-18(15)24(27)28/h4-10,12H,11H2,1-3H3,(H,23,25). The highest BCUT2D eigenvalue weighted by Crippen LogP contribution is 2.38. The number of benzene rings is 2. The molecule has 0 aliphatic carbocycles. The first-order valence-electron chi connectivity index (χ1n) is 9.11. The summed E-state index contributed by atoms with van der Waals surface area (Å²) in [5.74, 6) is -1.02. The summed E-state index contributed by atoms with van der Waals surface area (Å²) >= 11 is 1.21. The van der Waals surface area contributed by atoms with Crippen LogP contribution in [0.3, 0.4) is 0 Å². The van der Waals surface area contributed by atoms with Gasteiger partial charge in [-0.15, -0.1) is 11.3 Å². The van der Waals surface area contributed by atoms with Crippen molar-refractivity contribution in [1.29, 1.82) is 0 Å². The lowest BCUT2D eigenvalue weighted by molar-refractivity contribution is -0.385. The highest BCUT2D eigenvalue weighted by atomic mass is 32.1. The Kier molecular flexibility index (Phi) is 6.27. The largest absolute Gasteiger partial charge is 0.465 e. The maximum absolute atomic E-state index is 12.6. The zero-order chi connectivity index (χ0) is 21.8. The summed E-state index contributed by atoms with van der Waals surface area (Å²) in [4.78, 5) is 35.8. The molecule has 0 unspecified atom stereocenters. The SMILES string of the molecule is COC(=O)c1c(-c2cc(C)ccc2C)csc1NC(=O)Cc1ccccc1[N+](=O)[O-]. The Morgan fingerprint density at radius 3 is 2.57 bits per heavy atom. The van der Waals surface area contributed by atoms with Crippen LogP contribution in [0, 0.1) is 24.0 Å². The minimum atomic E-state index is -0.562. The fourth-order valence-corrected chi connectivity index (χ4v) is 4.13. The lowest BCUT2D eigenvalue weighted by atomic mass is 9.97. The number of nitro groups is 1. The molecule has 1 N–H and O–H groups in total. The normalized spacial score (nSPS) is 10.5. The van der Waals surface area contributed by atoms with Crippen LogP contribution in [0.1, 0.15) is 27.0 Å². The molecule has 30 heavy (non-hydrogen) atoms. The van der Waals surface area contributed by atoms with E-state index in [2.05, 4.69) is 5.32 Å². The number of nitro benzene ring substituents is 1. The number of amides is 1. The van der Waals surface area contributed by atoms with Crippen molar-refractivity contribution in [3.05, 3.63) is 80.2 Å². The number of rotatable bonds is 6. The number of hydrogen-bond acceptors (Lipinski definition) is 6. The molecule has 154 valence electrons. The van der Waals surface area contributed by atoms with Gasteiger partial charge in [-0.25, -0.2) is 4.79 Å². The van der Waals surface area contributed by atoms with Crippen molar-refractivity contribution >= 4 is 33.9 Å². The number of nitrogens with one attached hydrogen (secondary N) is 1. The number of carbonyl (C=O) groups is 2. The first-order valence-corrected chi connectivity index (χ1v) is 9.99. The van der Waals surface area contributed by atoms with Gasteiger partial charge >= 0.3 is 5.97 Å². The van der Waals surface area contributed by atoms with E-state index in [0.29, 0.717) is 16.1 Å². The predicted octanol–water partition coefficient (Wildman–Crippen LogP) is 4.91. The number of aryl methyl sites for hydroxylation is 2. The van der Waals surface area contributed by atoms with E-state index < -0.39 is 16.8 Å². The predicted molar refractivity (Wildman–Crippen MR) is 116 cm³/mol. The van der Waals surface area contributed by atoms with Crippen LogP contribution in [-0.4, -0.2) is 23.9 Å². The molecular formula is C22H20N2O5S. The van der Waals surface area contributed by atoms with Crippen LogP contribution < -0.4 is 5.32 Å². The van der Waals surface area contributed by atoms with Crippen molar-refractivity contribution < 1.29 is 19.2 Å². The quantitative estimate of drug-likeness (QED) is 0.344. The Labute approximate surface area is 177 Å². The third-order valence-electron chi connectivity index (χ3n) is 4.66. The van der Waals surface area contributed by atoms with E-state index in [1.165, 1.54) is 30.6 Å². The first-order chi connectivity index (χ1) is 14.3. The number of nitrogens with zero attached hydrogens (tertiary/aromatic N) is 1. The Balaban J connectivity index is 1.94. The fraction of sp³-hybridized carbons (Fsp3) is 0.182. The average molecular weight is 424 g/mol. The molecule has 0 atom stereocenters. The lowest BCUT2D eigenvalue weighted by Crippen LogP contribution is -2.17. The van der Waals surface area contributed by atoms with E-state index in [1.54, 1.807) is 17.5 Å². The Bertz CT molecular complexity index is 1140. The third-order valence-corrected chi connectivity index (χ3v) is 5.55. The van der Waals surface area contributed by atoms with Crippen LogP contribution in [-0.2, 0) is 16.0 Å². The number of hydrogen-bond donors (Lipinski definition) is 1. The maximum atomic E-state index is 12.6. The summed E-state index contributed by atoms with van der Waals surface area (Å²) in [7, 11) is 1.28. The first kappa shape index (κ1) is 21.2. The van der Waals surface area contributed by atoms with Gasteiger partial charge in [-0.1, -0.05) is 42.0 Å². The summed E-state index contributed by atoms with van der Waals surface area (Å²) < 4.78 is 4.95. The Morgan fingerprint density at radius 1 is 1.13 bits per heavy atom. The van der Waals surface area contributed by atoms with Crippen molar-refractivity contribution in [3.8, 4) is 11.1 Å². The van der Waals surface area contributed by atoms with Crippen LogP contribution in [0.4, 0.5) is 10.7 Å². The molecule has 0 fully saturated rings. The monoisotopic (exact) mass is 424 g/mol. The molecule has 2 aromatic carbocycles. The van der Waals surface area contributed by atoms with E-state index in [4.69, 9.17) is 4.74 Å². The van der Waals surface area contributed by atoms with Gasteiger partial charge in [0.2, 0.25) is 5.91 Å². The lowest BCUT2D eigenvalue weighted by Gasteiger charge is -2.10. The van der Waals surface area contributed by atoms with Gasteiger partial charge in [0.25, 0.3) is 5.69 Å². The summed E-state index contributed by atoms with van der Waals surface area (Å²) in [6.07, 6.45) is -0.186. The topological polar surface area (TPSA) is 98.5 Å². The van der Waals surface area contributed by atoms with Gasteiger partial charge in [0.05, 0.1) is 18.5 Å². The molecule has 0 aliphatic heterocycles. The minimum Gasteiger partial charge on any atom is -0.465 e. The van der Waals surface area contributed by atoms with Gasteiger partial charge in [-0.2, -0.15) is 0 Å². The van der Waals surface area contributed by atoms with Gasteiger partial charge in [0.15, 0.2) is 0 Å². The molecule has 8 heteroatoms. The second-order valence-electron chi connectivity index (χ2n) is 6.77. The van der Waals surface area contributed by atoms with Gasteiger partial charge in [0.1, 0.15) is 10.6 Å². The molecule has 7 nitrogen and oxygen atoms in total. The van der Waals surface area contributed by atoms with E-state index in [-0.39, 0.29) is 17.7 Å². The molecule has 0 bridgehead atoms. The molecule has 3 rings (SSSR count). The number of para-hydroxylation sites is 1. The van der Waals surface area contributed by atoms with Crippen molar-refractivity contribution in [3.63, 3.8) is 0 Å². The molecule has 1 amide bonds. The van der Waals surface area contributed by atoms with Crippen LogP contribution in [0.2, 0.25) is 0 Å². The van der Waals surface area contributed by atoms with E-state index in [0.717, 1.165) is 16.7 Å². The molecule has 0 aliphatic rings. The van der Waals surface area contributed by atoms with E-state index >= 15 is 0 Å². The van der Waals surface area contributed by atoms with Crippen LogP contribution in [0.25, 0.3) is 11.1 Å². The maximum Gasteiger partial charge on any atom is 0.341 e. The van der Waals surface area contributed by atoms with Crippen LogP contribution in [0.15, 0.2) is 47.8 Å². The van der Waals surface area contributed by atoms with Crippen LogP contribution in [0.5, 0.6) is 0 Å². The summed E-state index contributed by atoms with van der Waals surface area (Å²) in [6, 6.07) is 12.0. The molecular weight excluding hydrogens is 404 g/mol. The summed E-state index contributed by atoms with van der Waals surface area (Å²) in [5.41, 5.74) is 4.03. The Morgan fingerprint density at radius 2 is 1.87 bits per heavy atom. The molecule has 0 saturated heterocycles. The molecule has 3 aromatic rings. The van der Waals surface area contributed by atoms with Crippen LogP contribution >= 0.6 is 11.3 Å². The van der Waals surface area contributed by atoms with Gasteiger partial charge in [-0.05, 0) is 25.0 Å². The number of ether oxygens (including phenoxy) is 1. The van der Waals surface area contributed by atoms with Gasteiger partial charge < -0.3 is 10.1 Å². The number of carbonyl (C=O) groups excluding carboxylic acids is 2. The number of esters is 1. The molecule has 1 aromatic heterocycles. The van der Waals surface area contributed by atoms with Crippen molar-refractivity contribution in [1.82, 2.24) is 0 Å². The summed E-state index contributed by atoms with van der Waals surface area (Å²) in [6.45, 7) is 3.91. The minimum absolute atomic E-state index is 0.122. The number of anilines is 1. The highest BCUT2D eigenvalue weighted by Gasteiger charge is 2.24. The number of methoxy groups -OCH3 is 1. The molecule has 0 radical (unpaired) electrons. The van der Waals surface area contributed by atoms with Crippen molar-refractivity contribution in [2.45, 2.75) is 20.3 Å². The van der Waals surface area contributed by atoms with E-state index in [9.17, 15) is 19.7 Å². The van der Waals surface area contributed by atoms with Crippen molar-refractivity contribution in [2.75, 3.05) is 12.4 Å². The highest BCUT2D eigenvalue weighted by molar-refractivity contribution is 7.15. The van der Waals surface area contributed by atoms with Crippen molar-refractivity contribution in [2.24, 2.45) is 0 Å².